The van der Waals surface area contributed by atoms with Gasteiger partial charge >= 0.3 is 24.3 Å². The van der Waals surface area contributed by atoms with Crippen LogP contribution < -0.4 is 0 Å². The lowest BCUT2D eigenvalue weighted by atomic mass is 10.2. The normalized spacial score (nSPS) is 31.7. The van der Waals surface area contributed by atoms with Gasteiger partial charge in [-0.1, -0.05) is 0 Å². The summed E-state index contributed by atoms with van der Waals surface area (Å²) in [5.41, 5.74) is 0. The van der Waals surface area contributed by atoms with E-state index in [0.29, 0.717) is 0 Å². The summed E-state index contributed by atoms with van der Waals surface area (Å²) in [5.74, 6) is -5.96. The summed E-state index contributed by atoms with van der Waals surface area (Å²) in [6.07, 6.45) is -15.5. The zero-order valence-electron chi connectivity index (χ0n) is 12.6. The first-order valence-corrected chi connectivity index (χ1v) is 6.57. The van der Waals surface area contributed by atoms with E-state index in [1.165, 1.54) is 13.8 Å². The summed E-state index contributed by atoms with van der Waals surface area (Å²) < 4.78 is 93.9. The highest BCUT2D eigenvalue weighted by Crippen LogP contribution is 2.43. The van der Waals surface area contributed by atoms with Crippen molar-refractivity contribution in [1.82, 2.24) is 0 Å². The summed E-state index contributed by atoms with van der Waals surface area (Å²) in [6, 6.07) is 0. The number of rotatable bonds is 4. The average molecular weight is 354 g/mol. The van der Waals surface area contributed by atoms with Crippen molar-refractivity contribution in [2.24, 2.45) is 0 Å². The van der Waals surface area contributed by atoms with Crippen LogP contribution in [0.4, 0.5) is 26.3 Å². The zero-order valence-corrected chi connectivity index (χ0v) is 12.6. The maximum Gasteiger partial charge on any atom is 0.490 e. The fourth-order valence-electron chi connectivity index (χ4n) is 1.64. The van der Waals surface area contributed by atoms with Crippen LogP contribution in [-0.4, -0.2) is 48.7 Å². The molecule has 11 heteroatoms. The maximum absolute atomic E-state index is 13.2. The molecule has 0 aromatic rings. The van der Waals surface area contributed by atoms with Gasteiger partial charge in [0, 0.05) is 0 Å². The summed E-state index contributed by atoms with van der Waals surface area (Å²) >= 11 is 0. The molecule has 0 bridgehead atoms. The molecule has 23 heavy (non-hydrogen) atoms. The van der Waals surface area contributed by atoms with E-state index in [1.807, 2.05) is 0 Å². The summed E-state index contributed by atoms with van der Waals surface area (Å²) in [7, 11) is 0. The third-order valence-corrected chi connectivity index (χ3v) is 3.22. The minimum atomic E-state index is -5.26. The van der Waals surface area contributed by atoms with E-state index in [0.717, 1.165) is 13.8 Å². The second-order valence-electron chi connectivity index (χ2n) is 5.13. The van der Waals surface area contributed by atoms with E-state index in [2.05, 4.69) is 18.9 Å². The van der Waals surface area contributed by atoms with Crippen LogP contribution in [0.25, 0.3) is 0 Å². The molecule has 5 atom stereocenters. The smallest absolute Gasteiger partial charge is 0.453 e. The Morgan fingerprint density at radius 2 is 1.43 bits per heavy atom. The van der Waals surface area contributed by atoms with E-state index < -0.39 is 48.7 Å². The average Bonchev–Trinajstić information content (AvgIpc) is 2.63. The summed E-state index contributed by atoms with van der Waals surface area (Å²) in [5, 5.41) is 0. The molecule has 0 saturated carbocycles. The minimum absolute atomic E-state index is 0.959. The van der Waals surface area contributed by atoms with Gasteiger partial charge in [0.2, 0.25) is 0 Å². The SMILES string of the molecule is CC(OC(=O)C(F)(F)F)C(C)OC1(C(F)(F)F)O[C@@H](C)[C@@H](C)O1. The zero-order chi connectivity index (χ0) is 18.2. The number of alkyl halides is 6. The highest BCUT2D eigenvalue weighted by atomic mass is 19.4. The molecule has 136 valence electrons. The Morgan fingerprint density at radius 3 is 1.78 bits per heavy atom. The molecule has 0 aliphatic carbocycles. The molecule has 1 aliphatic heterocycles. The van der Waals surface area contributed by atoms with Gasteiger partial charge < -0.3 is 18.9 Å². The van der Waals surface area contributed by atoms with Gasteiger partial charge in [-0.2, -0.15) is 26.3 Å². The number of hydrogen-bond acceptors (Lipinski definition) is 5. The molecule has 0 radical (unpaired) electrons. The molecule has 0 spiro atoms. The number of carbonyl (C=O) groups is 1. The Labute approximate surface area is 127 Å². The second-order valence-corrected chi connectivity index (χ2v) is 5.13. The third kappa shape index (κ3) is 4.48. The standard InChI is InChI=1S/C12H16F6O5/c1-5(20-9(19)10(13,14)15)6(2)21-12(11(16,17)18)22-7(3)8(4)23-12/h5-8H,1-4H3/t5?,6?,7-,8+,12?. The topological polar surface area (TPSA) is 54.0 Å². The van der Waals surface area contributed by atoms with Crippen molar-refractivity contribution in [3.8, 4) is 0 Å². The molecular weight excluding hydrogens is 338 g/mol. The van der Waals surface area contributed by atoms with Crippen molar-refractivity contribution < 1.29 is 50.1 Å². The lowest BCUT2D eigenvalue weighted by Gasteiger charge is -2.33. The van der Waals surface area contributed by atoms with Crippen LogP contribution in [0.3, 0.4) is 0 Å². The molecule has 0 aromatic carbocycles. The van der Waals surface area contributed by atoms with Crippen LogP contribution in [-0.2, 0) is 23.7 Å². The molecule has 1 fully saturated rings. The maximum atomic E-state index is 13.2. The lowest BCUT2D eigenvalue weighted by Crippen LogP contribution is -2.53. The van der Waals surface area contributed by atoms with Crippen molar-refractivity contribution in [3.63, 3.8) is 0 Å². The molecule has 1 aliphatic rings. The quantitative estimate of drug-likeness (QED) is 0.574. The number of halogens is 6. The number of hydrogen-bond donors (Lipinski definition) is 0. The van der Waals surface area contributed by atoms with Gasteiger partial charge in [-0.25, -0.2) is 4.79 Å². The molecule has 0 N–H and O–H groups in total. The monoisotopic (exact) mass is 354 g/mol. The lowest BCUT2D eigenvalue weighted by molar-refractivity contribution is -0.467. The van der Waals surface area contributed by atoms with Crippen molar-refractivity contribution in [2.75, 3.05) is 0 Å². The van der Waals surface area contributed by atoms with E-state index >= 15 is 0 Å². The third-order valence-electron chi connectivity index (χ3n) is 3.22. The van der Waals surface area contributed by atoms with E-state index in [9.17, 15) is 31.1 Å². The van der Waals surface area contributed by atoms with Gasteiger partial charge in [0.05, 0.1) is 18.3 Å². The van der Waals surface area contributed by atoms with Crippen LogP contribution in [0.1, 0.15) is 27.7 Å². The highest BCUT2D eigenvalue weighted by molar-refractivity contribution is 5.75. The summed E-state index contributed by atoms with van der Waals surface area (Å²) in [6.45, 7) is 4.60. The van der Waals surface area contributed by atoms with Crippen molar-refractivity contribution >= 4 is 5.97 Å². The summed E-state index contributed by atoms with van der Waals surface area (Å²) in [4.78, 5) is 10.7. The van der Waals surface area contributed by atoms with E-state index in [4.69, 9.17) is 0 Å². The molecule has 3 unspecified atom stereocenters. The highest BCUT2D eigenvalue weighted by Gasteiger charge is 2.66. The van der Waals surface area contributed by atoms with Gasteiger partial charge in [0.15, 0.2) is 0 Å². The van der Waals surface area contributed by atoms with Gasteiger partial charge in [-0.15, -0.1) is 0 Å². The van der Waals surface area contributed by atoms with Crippen LogP contribution in [0, 0.1) is 0 Å². The Hall–Kier alpha value is -1.07. The van der Waals surface area contributed by atoms with Crippen LogP contribution in [0.15, 0.2) is 0 Å². The molecule has 5 nitrogen and oxygen atoms in total. The molecular formula is C12H16F6O5. The largest absolute Gasteiger partial charge is 0.490 e. The Bertz CT molecular complexity index is 425. The fourth-order valence-corrected chi connectivity index (χ4v) is 1.64. The predicted molar refractivity (Wildman–Crippen MR) is 62.0 cm³/mol. The first-order valence-electron chi connectivity index (χ1n) is 6.57. The van der Waals surface area contributed by atoms with Crippen LogP contribution in [0.2, 0.25) is 0 Å². The first kappa shape index (κ1) is 20.0. The van der Waals surface area contributed by atoms with E-state index in [-0.39, 0.29) is 0 Å². The Morgan fingerprint density at radius 1 is 1.00 bits per heavy atom. The predicted octanol–water partition coefficient (Wildman–Crippen LogP) is 2.93. The number of esters is 1. The number of ether oxygens (including phenoxy) is 4. The molecule has 0 aromatic heterocycles. The van der Waals surface area contributed by atoms with Gasteiger partial charge in [-0.3, -0.25) is 0 Å². The molecule has 1 saturated heterocycles. The Balaban J connectivity index is 2.83. The minimum Gasteiger partial charge on any atom is -0.453 e. The van der Waals surface area contributed by atoms with Crippen molar-refractivity contribution in [3.05, 3.63) is 0 Å². The van der Waals surface area contributed by atoms with Gasteiger partial charge in [0.1, 0.15) is 6.10 Å². The van der Waals surface area contributed by atoms with E-state index in [1.54, 1.807) is 0 Å². The molecule has 0 amide bonds. The van der Waals surface area contributed by atoms with Gasteiger partial charge in [0.25, 0.3) is 0 Å². The van der Waals surface area contributed by atoms with Gasteiger partial charge in [-0.05, 0) is 27.7 Å². The van der Waals surface area contributed by atoms with Crippen molar-refractivity contribution in [1.29, 1.82) is 0 Å². The second kappa shape index (κ2) is 6.44. The molecule has 1 rings (SSSR count). The number of carbonyl (C=O) groups excluding carboxylic acids is 1. The van der Waals surface area contributed by atoms with Crippen LogP contribution >= 0.6 is 0 Å². The Kier molecular flexibility index (Phi) is 5.59. The fraction of sp³-hybridized carbons (Fsp3) is 0.917. The molecule has 1 heterocycles. The first-order chi connectivity index (χ1) is 10.2. The van der Waals surface area contributed by atoms with Crippen molar-refractivity contribution in [2.45, 2.75) is 70.4 Å². The van der Waals surface area contributed by atoms with Crippen LogP contribution in [0.5, 0.6) is 0 Å².